The van der Waals surface area contributed by atoms with E-state index < -0.39 is 0 Å². The lowest BCUT2D eigenvalue weighted by molar-refractivity contribution is 1.18. The Bertz CT molecular complexity index is 2830. The molecule has 1 aromatic heterocycles. The van der Waals surface area contributed by atoms with Gasteiger partial charge in [-0.2, -0.15) is 0 Å². The second kappa shape index (κ2) is 14.4. The van der Waals surface area contributed by atoms with Gasteiger partial charge in [-0.1, -0.05) is 164 Å². The molecule has 10 aromatic rings. The number of hydrogen-bond donors (Lipinski definition) is 0. The molecule has 1 heterocycles. The smallest absolute Gasteiger partial charge is 0.0541 e. The molecule has 2 nitrogen and oxygen atoms in total. The first-order chi connectivity index (χ1) is 27.8. The van der Waals surface area contributed by atoms with Gasteiger partial charge in [0.25, 0.3) is 0 Å². The van der Waals surface area contributed by atoms with Crippen molar-refractivity contribution in [2.45, 2.75) is 0 Å². The third kappa shape index (κ3) is 6.24. The Morgan fingerprint density at radius 3 is 1.16 bits per heavy atom. The summed E-state index contributed by atoms with van der Waals surface area (Å²) in [6.07, 6.45) is 0. The Labute approximate surface area is 327 Å². The van der Waals surface area contributed by atoms with Crippen LogP contribution in [0.25, 0.3) is 72.0 Å². The van der Waals surface area contributed by atoms with Crippen LogP contribution in [0.3, 0.4) is 0 Å². The first-order valence-electron chi connectivity index (χ1n) is 19.2. The summed E-state index contributed by atoms with van der Waals surface area (Å²) in [5.41, 5.74) is 16.5. The van der Waals surface area contributed by atoms with Crippen molar-refractivity contribution < 1.29 is 0 Å². The van der Waals surface area contributed by atoms with Gasteiger partial charge < -0.3 is 9.47 Å². The number of nitrogens with zero attached hydrogens (tertiary/aromatic N) is 2. The second-order valence-electron chi connectivity index (χ2n) is 14.2. The summed E-state index contributed by atoms with van der Waals surface area (Å²) in [7, 11) is 0. The van der Waals surface area contributed by atoms with Gasteiger partial charge in [-0.05, 0) is 111 Å². The SMILES string of the molecule is c1ccc(-c2ccc(N(c3ccc(-c4ccccc4)cc3)c3ccc(-c4ccc5c(c4)c4ccccc4n5-c4cccc(-c5ccccc5)c4)cc3)cc2)cc1. The van der Waals surface area contributed by atoms with Crippen molar-refractivity contribution in [3.63, 3.8) is 0 Å². The summed E-state index contributed by atoms with van der Waals surface area (Å²) in [6, 6.07) is 83.0. The Morgan fingerprint density at radius 1 is 0.250 bits per heavy atom. The summed E-state index contributed by atoms with van der Waals surface area (Å²) in [6.45, 7) is 0. The zero-order valence-electron chi connectivity index (χ0n) is 30.8. The van der Waals surface area contributed by atoms with Gasteiger partial charge in [0, 0.05) is 33.5 Å². The van der Waals surface area contributed by atoms with Crippen molar-refractivity contribution in [3.8, 4) is 50.2 Å². The number of para-hydroxylation sites is 1. The highest BCUT2D eigenvalue weighted by Gasteiger charge is 2.16. The predicted molar refractivity (Wildman–Crippen MR) is 237 cm³/mol. The molecular weight excluding hydrogens is 677 g/mol. The van der Waals surface area contributed by atoms with Crippen molar-refractivity contribution in [1.29, 1.82) is 0 Å². The van der Waals surface area contributed by atoms with Gasteiger partial charge in [-0.25, -0.2) is 0 Å². The number of fused-ring (bicyclic) bond motifs is 3. The lowest BCUT2D eigenvalue weighted by Gasteiger charge is -2.26. The van der Waals surface area contributed by atoms with Crippen LogP contribution in [0.1, 0.15) is 0 Å². The normalized spacial score (nSPS) is 11.2. The summed E-state index contributed by atoms with van der Waals surface area (Å²) >= 11 is 0. The van der Waals surface area contributed by atoms with Crippen LogP contribution in [0.4, 0.5) is 17.1 Å². The molecule has 10 rings (SSSR count). The molecule has 0 atom stereocenters. The minimum Gasteiger partial charge on any atom is -0.311 e. The van der Waals surface area contributed by atoms with E-state index in [1.54, 1.807) is 0 Å². The zero-order valence-corrected chi connectivity index (χ0v) is 30.8. The summed E-state index contributed by atoms with van der Waals surface area (Å²) in [5, 5.41) is 2.49. The number of rotatable bonds is 8. The van der Waals surface area contributed by atoms with Gasteiger partial charge in [0.2, 0.25) is 0 Å². The quantitative estimate of drug-likeness (QED) is 0.152. The molecule has 0 aliphatic rings. The van der Waals surface area contributed by atoms with Crippen LogP contribution < -0.4 is 4.90 Å². The van der Waals surface area contributed by atoms with Crippen LogP contribution in [-0.2, 0) is 0 Å². The van der Waals surface area contributed by atoms with Crippen LogP contribution >= 0.6 is 0 Å². The first-order valence-corrected chi connectivity index (χ1v) is 19.2. The van der Waals surface area contributed by atoms with Crippen molar-refractivity contribution in [2.75, 3.05) is 4.90 Å². The first kappa shape index (κ1) is 33.2. The Balaban J connectivity index is 1.02. The van der Waals surface area contributed by atoms with E-state index in [9.17, 15) is 0 Å². The van der Waals surface area contributed by atoms with Crippen molar-refractivity contribution >= 4 is 38.9 Å². The van der Waals surface area contributed by atoms with Gasteiger partial charge in [0.1, 0.15) is 0 Å². The van der Waals surface area contributed by atoms with E-state index in [4.69, 9.17) is 0 Å². The maximum atomic E-state index is 2.40. The number of hydrogen-bond acceptors (Lipinski definition) is 1. The van der Waals surface area contributed by atoms with E-state index >= 15 is 0 Å². The second-order valence-corrected chi connectivity index (χ2v) is 14.2. The Morgan fingerprint density at radius 2 is 0.625 bits per heavy atom. The molecule has 264 valence electrons. The van der Waals surface area contributed by atoms with Crippen molar-refractivity contribution in [2.24, 2.45) is 0 Å². The maximum absolute atomic E-state index is 2.40. The summed E-state index contributed by atoms with van der Waals surface area (Å²) in [5.74, 6) is 0. The van der Waals surface area contributed by atoms with Crippen molar-refractivity contribution in [3.05, 3.63) is 231 Å². The third-order valence-corrected chi connectivity index (χ3v) is 10.8. The fourth-order valence-corrected chi connectivity index (χ4v) is 8.00. The van der Waals surface area contributed by atoms with Crippen LogP contribution in [0, 0.1) is 0 Å². The van der Waals surface area contributed by atoms with Gasteiger partial charge in [-0.15, -0.1) is 0 Å². The average molecular weight is 715 g/mol. The fraction of sp³-hybridized carbons (Fsp3) is 0. The Kier molecular flexibility index (Phi) is 8.55. The highest BCUT2D eigenvalue weighted by molar-refractivity contribution is 6.10. The largest absolute Gasteiger partial charge is 0.311 e. The fourth-order valence-electron chi connectivity index (χ4n) is 8.00. The molecule has 0 radical (unpaired) electrons. The van der Waals surface area contributed by atoms with Gasteiger partial charge in [0.05, 0.1) is 11.0 Å². The molecule has 2 heteroatoms. The van der Waals surface area contributed by atoms with Crippen LogP contribution in [-0.4, -0.2) is 4.57 Å². The van der Waals surface area contributed by atoms with E-state index in [2.05, 4.69) is 240 Å². The van der Waals surface area contributed by atoms with E-state index in [1.165, 1.54) is 66.3 Å². The van der Waals surface area contributed by atoms with Gasteiger partial charge >= 0.3 is 0 Å². The number of aromatic nitrogens is 1. The maximum Gasteiger partial charge on any atom is 0.0541 e. The molecule has 0 amide bonds. The minimum absolute atomic E-state index is 1.10. The average Bonchev–Trinajstić information content (AvgIpc) is 3.62. The lowest BCUT2D eigenvalue weighted by atomic mass is 10.0. The van der Waals surface area contributed by atoms with Crippen LogP contribution in [0.15, 0.2) is 231 Å². The molecule has 0 saturated heterocycles. The zero-order chi connectivity index (χ0) is 37.3. The van der Waals surface area contributed by atoms with Crippen LogP contribution in [0.5, 0.6) is 0 Å². The lowest BCUT2D eigenvalue weighted by Crippen LogP contribution is -2.09. The third-order valence-electron chi connectivity index (χ3n) is 10.8. The molecule has 0 aliphatic heterocycles. The summed E-state index contributed by atoms with van der Waals surface area (Å²) in [4.78, 5) is 2.34. The van der Waals surface area contributed by atoms with Gasteiger partial charge in [-0.3, -0.25) is 0 Å². The van der Waals surface area contributed by atoms with Crippen molar-refractivity contribution in [1.82, 2.24) is 4.57 Å². The monoisotopic (exact) mass is 714 g/mol. The molecule has 56 heavy (non-hydrogen) atoms. The van der Waals surface area contributed by atoms with E-state index in [1.807, 2.05) is 0 Å². The topological polar surface area (TPSA) is 8.17 Å². The summed E-state index contributed by atoms with van der Waals surface area (Å²) < 4.78 is 2.40. The molecular formula is C54H38N2. The Hall–Kier alpha value is -7.42. The molecule has 0 fully saturated rings. The predicted octanol–water partition coefficient (Wildman–Crippen LogP) is 14.9. The van der Waals surface area contributed by atoms with E-state index in [-0.39, 0.29) is 0 Å². The van der Waals surface area contributed by atoms with E-state index in [0.717, 1.165) is 22.7 Å². The number of benzene rings is 9. The van der Waals surface area contributed by atoms with Crippen LogP contribution in [0.2, 0.25) is 0 Å². The molecule has 0 saturated carbocycles. The molecule has 0 unspecified atom stereocenters. The standard InChI is InChI=1S/C54H38N2/c1-4-13-39(14-5-1)42-23-30-47(31-24-42)55(48-32-25-43(26-33-48)40-15-6-2-7-16-40)49-34-27-44(28-35-49)46-29-36-54-52(38-46)51-21-10-11-22-53(51)56(54)50-20-12-19-45(37-50)41-17-8-3-9-18-41/h1-38H. The molecule has 0 N–H and O–H groups in total. The molecule has 0 spiro atoms. The van der Waals surface area contributed by atoms with Gasteiger partial charge in [0.15, 0.2) is 0 Å². The molecule has 9 aromatic carbocycles. The molecule has 0 aliphatic carbocycles. The molecule has 0 bridgehead atoms. The highest BCUT2D eigenvalue weighted by atomic mass is 15.1. The van der Waals surface area contributed by atoms with E-state index in [0.29, 0.717) is 0 Å². The minimum atomic E-state index is 1.10. The number of anilines is 3. The highest BCUT2D eigenvalue weighted by Crippen LogP contribution is 2.39.